The first kappa shape index (κ1) is 22.9. The molecule has 1 N–H and O–H groups in total. The van der Waals surface area contributed by atoms with E-state index in [1.165, 1.54) is 0 Å². The van der Waals surface area contributed by atoms with Crippen molar-refractivity contribution in [3.05, 3.63) is 59.7 Å². The second-order valence-corrected chi connectivity index (χ2v) is 9.50. The minimum absolute atomic E-state index is 0.0312. The molecule has 3 rings (SSSR count). The highest BCUT2D eigenvalue weighted by molar-refractivity contribution is 7.88. The van der Waals surface area contributed by atoms with E-state index in [4.69, 9.17) is 9.47 Å². The number of para-hydroxylation sites is 1. The number of nitrogens with zero attached hydrogens (tertiary/aromatic N) is 2. The van der Waals surface area contributed by atoms with Crippen molar-refractivity contribution in [2.75, 3.05) is 26.5 Å². The van der Waals surface area contributed by atoms with Crippen molar-refractivity contribution in [2.45, 2.75) is 32.4 Å². The summed E-state index contributed by atoms with van der Waals surface area (Å²) in [6, 6.07) is 14.5. The van der Waals surface area contributed by atoms with Gasteiger partial charge in [-0.25, -0.2) is 18.2 Å². The van der Waals surface area contributed by atoms with Gasteiger partial charge in [0.05, 0.1) is 32.1 Å². The summed E-state index contributed by atoms with van der Waals surface area (Å²) >= 11 is 0. The van der Waals surface area contributed by atoms with Crippen LogP contribution in [0.5, 0.6) is 11.5 Å². The van der Waals surface area contributed by atoms with Crippen molar-refractivity contribution >= 4 is 16.1 Å². The van der Waals surface area contributed by atoms with Crippen LogP contribution in [0.2, 0.25) is 0 Å². The molecule has 2 amide bonds. The molecule has 2 aromatic carbocycles. The van der Waals surface area contributed by atoms with Crippen LogP contribution in [-0.2, 0) is 16.4 Å². The molecule has 0 aliphatic carbocycles. The van der Waals surface area contributed by atoms with Crippen LogP contribution >= 0.6 is 0 Å². The zero-order chi connectivity index (χ0) is 22.6. The number of hydrazine groups is 1. The predicted octanol–water partition coefficient (Wildman–Crippen LogP) is 2.97. The lowest BCUT2D eigenvalue weighted by Gasteiger charge is -2.25. The van der Waals surface area contributed by atoms with Gasteiger partial charge in [-0.1, -0.05) is 30.3 Å². The number of hydrogen-bond donors (Lipinski definition) is 1. The van der Waals surface area contributed by atoms with Gasteiger partial charge in [0.1, 0.15) is 11.5 Å². The summed E-state index contributed by atoms with van der Waals surface area (Å²) in [4.78, 5) is 17.1. The van der Waals surface area contributed by atoms with Crippen LogP contribution in [0.3, 0.4) is 0 Å². The fraction of sp³-hybridized carbons (Fsp3) is 0.409. The van der Waals surface area contributed by atoms with Gasteiger partial charge in [-0.15, -0.1) is 4.83 Å². The van der Waals surface area contributed by atoms with Gasteiger partial charge < -0.3 is 14.4 Å². The van der Waals surface area contributed by atoms with Crippen LogP contribution in [0.25, 0.3) is 0 Å². The summed E-state index contributed by atoms with van der Waals surface area (Å²) in [6.07, 6.45) is 1.62. The Morgan fingerprint density at radius 2 is 1.81 bits per heavy atom. The molecule has 2 aromatic rings. The van der Waals surface area contributed by atoms with E-state index in [2.05, 4.69) is 4.83 Å². The monoisotopic (exact) mass is 447 g/mol. The number of carbonyl (C=O) groups excluding carboxylic acids is 1. The lowest BCUT2D eigenvalue weighted by atomic mass is 10.0. The highest BCUT2D eigenvalue weighted by Gasteiger charge is 2.40. The summed E-state index contributed by atoms with van der Waals surface area (Å²) in [6.45, 7) is 4.49. The number of carbonyl (C=O) groups is 1. The van der Waals surface area contributed by atoms with E-state index < -0.39 is 10.0 Å². The molecule has 1 saturated heterocycles. The third-order valence-electron chi connectivity index (χ3n) is 4.93. The molecular weight excluding hydrogens is 418 g/mol. The summed E-state index contributed by atoms with van der Waals surface area (Å²) < 4.78 is 34.7. The van der Waals surface area contributed by atoms with E-state index in [0.29, 0.717) is 18.7 Å². The van der Waals surface area contributed by atoms with Gasteiger partial charge in [0.2, 0.25) is 10.0 Å². The fourth-order valence-electron chi connectivity index (χ4n) is 3.59. The maximum atomic E-state index is 13.1. The summed E-state index contributed by atoms with van der Waals surface area (Å²) in [5.41, 5.74) is 1.89. The summed E-state index contributed by atoms with van der Waals surface area (Å²) in [7, 11) is -1.98. The van der Waals surface area contributed by atoms with E-state index in [1.807, 2.05) is 62.4 Å². The second kappa shape index (κ2) is 9.57. The average Bonchev–Trinajstić information content (AvgIpc) is 3.00. The maximum Gasteiger partial charge on any atom is 0.335 e. The lowest BCUT2D eigenvalue weighted by molar-refractivity contribution is 0.181. The largest absolute Gasteiger partial charge is 0.497 e. The fourth-order valence-corrected chi connectivity index (χ4v) is 4.14. The Kier molecular flexibility index (Phi) is 7.07. The van der Waals surface area contributed by atoms with Crippen LogP contribution in [-0.4, -0.2) is 56.9 Å². The van der Waals surface area contributed by atoms with Crippen LogP contribution in [0.1, 0.15) is 31.0 Å². The number of hydrogen-bond acceptors (Lipinski definition) is 5. The standard InChI is InChI=1S/C22H29N3O5S/c1-16(2)30-21-8-6-5-7-19(21)20-15-25(23-31(4,27)28)22(26)24(20)14-13-17-9-11-18(29-3)12-10-17/h5-12,16,20,23H,13-15H2,1-4H3. The highest BCUT2D eigenvalue weighted by Crippen LogP contribution is 2.35. The number of ether oxygens (including phenoxy) is 2. The van der Waals surface area contributed by atoms with Gasteiger partial charge in [0, 0.05) is 12.1 Å². The van der Waals surface area contributed by atoms with Gasteiger partial charge >= 0.3 is 6.03 Å². The first-order valence-electron chi connectivity index (χ1n) is 10.1. The Balaban J connectivity index is 1.87. The van der Waals surface area contributed by atoms with Gasteiger partial charge in [-0.05, 0) is 44.0 Å². The molecule has 9 heteroatoms. The van der Waals surface area contributed by atoms with Gasteiger partial charge in [-0.3, -0.25) is 0 Å². The van der Waals surface area contributed by atoms with Crippen molar-refractivity contribution < 1.29 is 22.7 Å². The van der Waals surface area contributed by atoms with Crippen LogP contribution in [0.15, 0.2) is 48.5 Å². The van der Waals surface area contributed by atoms with Crippen molar-refractivity contribution in [3.8, 4) is 11.5 Å². The molecule has 1 atom stereocenters. The second-order valence-electron chi connectivity index (χ2n) is 7.77. The number of urea groups is 1. The topological polar surface area (TPSA) is 88.2 Å². The Morgan fingerprint density at radius 3 is 2.42 bits per heavy atom. The molecule has 168 valence electrons. The Bertz CT molecular complexity index is 1010. The van der Waals surface area contributed by atoms with Crippen molar-refractivity contribution in [1.29, 1.82) is 0 Å². The molecule has 1 aliphatic heterocycles. The molecule has 31 heavy (non-hydrogen) atoms. The third kappa shape index (κ3) is 5.89. The van der Waals surface area contributed by atoms with Crippen LogP contribution in [0.4, 0.5) is 4.79 Å². The molecule has 0 saturated carbocycles. The van der Waals surface area contributed by atoms with E-state index in [-0.39, 0.29) is 24.7 Å². The molecule has 0 bridgehead atoms. The van der Waals surface area contributed by atoms with Crippen LogP contribution in [0, 0.1) is 0 Å². The number of nitrogens with one attached hydrogen (secondary N) is 1. The van der Waals surface area contributed by atoms with Crippen molar-refractivity contribution in [1.82, 2.24) is 14.7 Å². The van der Waals surface area contributed by atoms with E-state index in [9.17, 15) is 13.2 Å². The number of rotatable bonds is 9. The van der Waals surface area contributed by atoms with E-state index in [1.54, 1.807) is 12.0 Å². The van der Waals surface area contributed by atoms with Gasteiger partial charge in [0.15, 0.2) is 0 Å². The summed E-state index contributed by atoms with van der Waals surface area (Å²) in [5, 5.41) is 1.15. The quantitative estimate of drug-likeness (QED) is 0.639. The Labute approximate surface area is 183 Å². The van der Waals surface area contributed by atoms with Crippen LogP contribution < -0.4 is 14.3 Å². The molecule has 1 aliphatic rings. The van der Waals surface area contributed by atoms with Crippen molar-refractivity contribution in [3.63, 3.8) is 0 Å². The molecule has 0 aromatic heterocycles. The molecule has 0 spiro atoms. The Morgan fingerprint density at radius 1 is 1.13 bits per heavy atom. The smallest absolute Gasteiger partial charge is 0.335 e. The maximum absolute atomic E-state index is 13.1. The average molecular weight is 448 g/mol. The first-order valence-corrected chi connectivity index (χ1v) is 12.0. The number of benzene rings is 2. The van der Waals surface area contributed by atoms with Crippen molar-refractivity contribution in [2.24, 2.45) is 0 Å². The minimum Gasteiger partial charge on any atom is -0.497 e. The molecule has 1 unspecified atom stereocenters. The van der Waals surface area contributed by atoms with Gasteiger partial charge in [-0.2, -0.15) is 0 Å². The Hall–Kier alpha value is -2.78. The molecule has 8 nitrogen and oxygen atoms in total. The number of methoxy groups -OCH3 is 1. The third-order valence-corrected chi connectivity index (χ3v) is 5.48. The first-order chi connectivity index (χ1) is 14.7. The number of amides is 2. The predicted molar refractivity (Wildman–Crippen MR) is 118 cm³/mol. The van der Waals surface area contributed by atoms with E-state index in [0.717, 1.165) is 28.1 Å². The highest BCUT2D eigenvalue weighted by atomic mass is 32.2. The zero-order valence-electron chi connectivity index (χ0n) is 18.2. The van der Waals surface area contributed by atoms with Gasteiger partial charge in [0.25, 0.3) is 0 Å². The normalized spacial score (nSPS) is 16.8. The SMILES string of the molecule is COc1ccc(CCN2C(=O)N(NS(C)(=O)=O)CC2c2ccccc2OC(C)C)cc1. The minimum atomic E-state index is -3.59. The van der Waals surface area contributed by atoms with E-state index >= 15 is 0 Å². The zero-order valence-corrected chi connectivity index (χ0v) is 19.1. The molecular formula is C22H29N3O5S. The molecule has 1 heterocycles. The molecule has 0 radical (unpaired) electrons. The number of sulfonamides is 1. The summed E-state index contributed by atoms with van der Waals surface area (Å²) in [5.74, 6) is 1.45. The lowest BCUT2D eigenvalue weighted by Crippen LogP contribution is -2.44. The molecule has 1 fully saturated rings.